The van der Waals surface area contributed by atoms with Crippen LogP contribution >= 0.6 is 7.92 Å². The van der Waals surface area contributed by atoms with Crippen molar-refractivity contribution in [3.8, 4) is 0 Å². The second-order valence-corrected chi connectivity index (χ2v) is 8.34. The summed E-state index contributed by atoms with van der Waals surface area (Å²) in [6.07, 6.45) is 0. The average molecular weight is 407 g/mol. The van der Waals surface area contributed by atoms with Crippen LogP contribution in [0.3, 0.4) is 0 Å². The van der Waals surface area contributed by atoms with Crippen molar-refractivity contribution < 1.29 is 19.1 Å². The summed E-state index contributed by atoms with van der Waals surface area (Å²) in [5, 5.41) is 2.86. The van der Waals surface area contributed by atoms with Gasteiger partial charge in [-0.05, 0) is 36.7 Å². The largest absolute Gasteiger partial charge is 0.465 e. The fourth-order valence-electron chi connectivity index (χ4n) is 2.94. The molecule has 0 spiro atoms. The molecule has 0 amide bonds. The third-order valence-electron chi connectivity index (χ3n) is 4.26. The summed E-state index contributed by atoms with van der Waals surface area (Å²) in [4.78, 5) is 24.9. The van der Waals surface area contributed by atoms with Crippen molar-refractivity contribution in [3.63, 3.8) is 0 Å². The highest BCUT2D eigenvalue weighted by Gasteiger charge is 2.24. The Hall–Kier alpha value is -3.01. The van der Waals surface area contributed by atoms with Crippen LogP contribution in [0.1, 0.15) is 20.7 Å². The monoisotopic (exact) mass is 407 g/mol. The number of hydrogen-bond acceptors (Lipinski definition) is 5. The SMILES string of the molecule is COC(=O)c1ccc(C(=O)OCCN)cc1P(c1ccccc1)c1ccccc1. The lowest BCUT2D eigenvalue weighted by molar-refractivity contribution is 0.0514. The number of hydrogen-bond donors (Lipinski definition) is 1. The van der Waals surface area contributed by atoms with Crippen molar-refractivity contribution in [1.82, 2.24) is 0 Å². The number of rotatable bonds is 7. The zero-order valence-corrected chi connectivity index (χ0v) is 17.0. The third kappa shape index (κ3) is 4.89. The second kappa shape index (κ2) is 9.97. The zero-order chi connectivity index (χ0) is 20.6. The van der Waals surface area contributed by atoms with Gasteiger partial charge in [0.25, 0.3) is 0 Å². The van der Waals surface area contributed by atoms with Gasteiger partial charge in [0.15, 0.2) is 0 Å². The van der Waals surface area contributed by atoms with E-state index in [1.165, 1.54) is 7.11 Å². The topological polar surface area (TPSA) is 78.6 Å². The number of benzene rings is 3. The summed E-state index contributed by atoms with van der Waals surface area (Å²) < 4.78 is 10.2. The van der Waals surface area contributed by atoms with Crippen LogP contribution in [0.15, 0.2) is 78.9 Å². The maximum atomic E-state index is 12.5. The first kappa shape index (κ1) is 20.7. The van der Waals surface area contributed by atoms with Crippen molar-refractivity contribution in [1.29, 1.82) is 0 Å². The average Bonchev–Trinajstić information content (AvgIpc) is 2.78. The van der Waals surface area contributed by atoms with Gasteiger partial charge in [-0.3, -0.25) is 0 Å². The predicted molar refractivity (Wildman–Crippen MR) is 116 cm³/mol. The van der Waals surface area contributed by atoms with E-state index in [1.54, 1.807) is 18.2 Å². The second-order valence-electron chi connectivity index (χ2n) is 6.15. The molecule has 0 aromatic heterocycles. The first-order chi connectivity index (χ1) is 14.2. The standard InChI is InChI=1S/C23H22NO4P/c1-27-23(26)20-13-12-17(22(25)28-15-14-24)16-21(20)29(18-8-4-2-5-9-18)19-10-6-3-7-11-19/h2-13,16H,14-15,24H2,1H3. The Labute approximate surface area is 171 Å². The molecule has 0 aliphatic carbocycles. The zero-order valence-electron chi connectivity index (χ0n) is 16.1. The molecule has 6 heteroatoms. The number of esters is 2. The molecule has 3 rings (SSSR count). The van der Waals surface area contributed by atoms with Crippen LogP contribution < -0.4 is 21.6 Å². The Morgan fingerprint density at radius 2 is 1.45 bits per heavy atom. The van der Waals surface area contributed by atoms with Crippen molar-refractivity contribution in [3.05, 3.63) is 90.0 Å². The van der Waals surface area contributed by atoms with Gasteiger partial charge in [0.05, 0.1) is 18.2 Å². The molecular formula is C23H22NO4P. The molecule has 3 aromatic rings. The minimum absolute atomic E-state index is 0.138. The Morgan fingerprint density at radius 1 is 0.862 bits per heavy atom. The van der Waals surface area contributed by atoms with Crippen LogP contribution in [0.5, 0.6) is 0 Å². The molecule has 29 heavy (non-hydrogen) atoms. The summed E-state index contributed by atoms with van der Waals surface area (Å²) in [7, 11) is 0.258. The molecule has 5 nitrogen and oxygen atoms in total. The van der Waals surface area contributed by atoms with E-state index >= 15 is 0 Å². The van der Waals surface area contributed by atoms with Gasteiger partial charge < -0.3 is 15.2 Å². The highest BCUT2D eigenvalue weighted by molar-refractivity contribution is 7.80. The number of methoxy groups -OCH3 is 1. The third-order valence-corrected chi connectivity index (χ3v) is 6.74. The molecule has 0 aliphatic heterocycles. The first-order valence-electron chi connectivity index (χ1n) is 9.15. The van der Waals surface area contributed by atoms with E-state index in [1.807, 2.05) is 60.7 Å². The van der Waals surface area contributed by atoms with E-state index in [0.717, 1.165) is 15.9 Å². The molecule has 0 aliphatic rings. The van der Waals surface area contributed by atoms with E-state index in [2.05, 4.69) is 0 Å². The molecule has 3 aromatic carbocycles. The van der Waals surface area contributed by atoms with Crippen LogP contribution in [0.2, 0.25) is 0 Å². The summed E-state index contributed by atoms with van der Waals surface area (Å²) in [6.45, 7) is 0.388. The maximum absolute atomic E-state index is 12.5. The summed E-state index contributed by atoms with van der Waals surface area (Å²) in [5.41, 5.74) is 6.24. The summed E-state index contributed by atoms with van der Waals surface area (Å²) in [6, 6.07) is 24.8. The van der Waals surface area contributed by atoms with E-state index in [9.17, 15) is 9.59 Å². The molecule has 0 saturated carbocycles. The van der Waals surface area contributed by atoms with Gasteiger partial charge in [-0.2, -0.15) is 0 Å². The maximum Gasteiger partial charge on any atom is 0.338 e. The normalized spacial score (nSPS) is 10.6. The first-order valence-corrected chi connectivity index (χ1v) is 10.5. The highest BCUT2D eigenvalue weighted by Crippen LogP contribution is 2.34. The van der Waals surface area contributed by atoms with Crippen molar-refractivity contribution in [2.75, 3.05) is 20.3 Å². The fourth-order valence-corrected chi connectivity index (χ4v) is 5.41. The lowest BCUT2D eigenvalue weighted by Crippen LogP contribution is -2.27. The molecule has 0 atom stereocenters. The van der Waals surface area contributed by atoms with E-state index in [-0.39, 0.29) is 13.2 Å². The van der Waals surface area contributed by atoms with Crippen molar-refractivity contribution >= 4 is 35.8 Å². The van der Waals surface area contributed by atoms with E-state index < -0.39 is 19.9 Å². The quantitative estimate of drug-likeness (QED) is 0.481. The lowest BCUT2D eigenvalue weighted by Gasteiger charge is -2.22. The van der Waals surface area contributed by atoms with Gasteiger partial charge in [-0.1, -0.05) is 60.7 Å². The molecule has 0 unspecified atom stereocenters. The number of ether oxygens (including phenoxy) is 2. The van der Waals surface area contributed by atoms with E-state index in [0.29, 0.717) is 11.1 Å². The number of nitrogens with two attached hydrogens (primary N) is 1. The fraction of sp³-hybridized carbons (Fsp3) is 0.130. The lowest BCUT2D eigenvalue weighted by atomic mass is 10.1. The summed E-state index contributed by atoms with van der Waals surface area (Å²) in [5.74, 6) is -0.912. The number of carbonyl (C=O) groups excluding carboxylic acids is 2. The Bertz CT molecular complexity index is 937. The van der Waals surface area contributed by atoms with Crippen molar-refractivity contribution in [2.45, 2.75) is 0 Å². The Morgan fingerprint density at radius 3 is 1.97 bits per heavy atom. The van der Waals surface area contributed by atoms with Crippen LogP contribution in [-0.4, -0.2) is 32.2 Å². The van der Waals surface area contributed by atoms with Crippen LogP contribution in [0.25, 0.3) is 0 Å². The van der Waals surface area contributed by atoms with Gasteiger partial charge in [0, 0.05) is 11.8 Å². The van der Waals surface area contributed by atoms with Gasteiger partial charge in [0.1, 0.15) is 6.61 Å². The number of carbonyl (C=O) groups is 2. The van der Waals surface area contributed by atoms with Crippen LogP contribution in [0, 0.1) is 0 Å². The predicted octanol–water partition coefficient (Wildman–Crippen LogP) is 2.35. The van der Waals surface area contributed by atoms with E-state index in [4.69, 9.17) is 15.2 Å². The molecule has 0 heterocycles. The van der Waals surface area contributed by atoms with Gasteiger partial charge in [0.2, 0.25) is 0 Å². The molecule has 148 valence electrons. The van der Waals surface area contributed by atoms with Gasteiger partial charge in [-0.15, -0.1) is 0 Å². The Balaban J connectivity index is 2.19. The molecule has 0 fully saturated rings. The van der Waals surface area contributed by atoms with Gasteiger partial charge >= 0.3 is 11.9 Å². The summed E-state index contributed by atoms with van der Waals surface area (Å²) >= 11 is 0. The van der Waals surface area contributed by atoms with Gasteiger partial charge in [-0.25, -0.2) is 9.59 Å². The molecule has 0 radical (unpaired) electrons. The molecule has 0 saturated heterocycles. The molecule has 2 N–H and O–H groups in total. The van der Waals surface area contributed by atoms with Crippen LogP contribution in [0.4, 0.5) is 0 Å². The minimum Gasteiger partial charge on any atom is -0.465 e. The molecular weight excluding hydrogens is 385 g/mol. The van der Waals surface area contributed by atoms with Crippen LogP contribution in [-0.2, 0) is 9.47 Å². The minimum atomic E-state index is -1.09. The Kier molecular flexibility index (Phi) is 7.12. The molecule has 0 bridgehead atoms. The van der Waals surface area contributed by atoms with Crippen molar-refractivity contribution in [2.24, 2.45) is 5.73 Å². The highest BCUT2D eigenvalue weighted by atomic mass is 31.1. The smallest absolute Gasteiger partial charge is 0.338 e.